The Kier molecular flexibility index (Phi) is 7.93. The average molecular weight is 517 g/mol. The summed E-state index contributed by atoms with van der Waals surface area (Å²) in [6.07, 6.45) is 2.49. The third-order valence-electron chi connectivity index (χ3n) is 3.63. The van der Waals surface area contributed by atoms with Gasteiger partial charge in [0.15, 0.2) is 11.5 Å². The number of aliphatic hydroxyl groups is 1. The summed E-state index contributed by atoms with van der Waals surface area (Å²) < 4.78 is 10.7. The highest BCUT2D eigenvalue weighted by Gasteiger charge is 2.33. The molecule has 0 saturated carbocycles. The summed E-state index contributed by atoms with van der Waals surface area (Å²) >= 11 is 2.98. The lowest BCUT2D eigenvalue weighted by molar-refractivity contribution is -0.138. The second-order valence-electron chi connectivity index (χ2n) is 5.67. The molecule has 1 aliphatic heterocycles. The van der Waals surface area contributed by atoms with Crippen molar-refractivity contribution in [3.05, 3.63) is 37.5 Å². The van der Waals surface area contributed by atoms with Gasteiger partial charge in [0.25, 0.3) is 0 Å². The summed E-state index contributed by atoms with van der Waals surface area (Å²) in [7, 11) is 1.44. The van der Waals surface area contributed by atoms with Crippen LogP contribution < -0.4 is 4.74 Å². The number of benzene rings is 1. The number of hydrogen-bond donors (Lipinski definition) is 2. The standard InChI is InChI=1S/C19H20INO6S/c1-4-6-14(22)21-18-15(19(25)27-5-2)17(24)13(28-18)9-10-7-11(20)16(23)12(8-10)26-3/h7-9,23-24H,4-6H2,1-3H3/b13-9-,21-18?. The fourth-order valence-corrected chi connectivity index (χ4v) is 4.02. The van der Waals surface area contributed by atoms with Crippen molar-refractivity contribution >= 4 is 57.3 Å². The normalized spacial score (nSPS) is 16.7. The number of aromatic hydroxyl groups is 1. The zero-order valence-electron chi connectivity index (χ0n) is 15.6. The smallest absolute Gasteiger partial charge is 0.344 e. The molecule has 1 aromatic carbocycles. The second-order valence-corrected chi connectivity index (χ2v) is 7.86. The van der Waals surface area contributed by atoms with Gasteiger partial charge in [0.2, 0.25) is 5.91 Å². The van der Waals surface area contributed by atoms with Gasteiger partial charge in [0, 0.05) is 6.42 Å². The van der Waals surface area contributed by atoms with Crippen molar-refractivity contribution < 1.29 is 29.3 Å². The summed E-state index contributed by atoms with van der Waals surface area (Å²) in [5.74, 6) is -1.11. The van der Waals surface area contributed by atoms with Gasteiger partial charge in [-0.15, -0.1) is 0 Å². The van der Waals surface area contributed by atoms with E-state index in [1.165, 1.54) is 7.11 Å². The SMILES string of the molecule is CCCC(=O)N=C1S/C(=C\c2cc(I)c(O)c(OC)c2)C(O)=C1C(=O)OCC. The van der Waals surface area contributed by atoms with Crippen molar-refractivity contribution in [1.82, 2.24) is 0 Å². The van der Waals surface area contributed by atoms with Gasteiger partial charge < -0.3 is 19.7 Å². The fourth-order valence-electron chi connectivity index (χ4n) is 2.36. The number of phenols is 1. The molecule has 9 heteroatoms. The molecule has 0 aliphatic carbocycles. The van der Waals surface area contributed by atoms with Crippen molar-refractivity contribution in [2.45, 2.75) is 26.7 Å². The molecule has 1 aliphatic rings. The number of aliphatic imine (C=N–C) groups is 1. The number of amides is 1. The van der Waals surface area contributed by atoms with Crippen LogP contribution in [0.4, 0.5) is 0 Å². The summed E-state index contributed by atoms with van der Waals surface area (Å²) in [5, 5.41) is 20.7. The maximum Gasteiger partial charge on any atom is 0.344 e. The van der Waals surface area contributed by atoms with Crippen molar-refractivity contribution in [2.75, 3.05) is 13.7 Å². The lowest BCUT2D eigenvalue weighted by atomic mass is 10.1. The van der Waals surface area contributed by atoms with Gasteiger partial charge in [0.05, 0.1) is 22.2 Å². The van der Waals surface area contributed by atoms with Crippen molar-refractivity contribution in [1.29, 1.82) is 0 Å². The summed E-state index contributed by atoms with van der Waals surface area (Å²) in [4.78, 5) is 28.5. The van der Waals surface area contributed by atoms with Crippen LogP contribution in [0.3, 0.4) is 0 Å². The molecule has 0 spiro atoms. The fraction of sp³-hybridized carbons (Fsp3) is 0.316. The van der Waals surface area contributed by atoms with Crippen molar-refractivity contribution in [2.24, 2.45) is 4.99 Å². The summed E-state index contributed by atoms with van der Waals surface area (Å²) in [6, 6.07) is 3.29. The van der Waals surface area contributed by atoms with E-state index >= 15 is 0 Å². The van der Waals surface area contributed by atoms with E-state index in [2.05, 4.69) is 4.99 Å². The monoisotopic (exact) mass is 517 g/mol. The van der Waals surface area contributed by atoms with Gasteiger partial charge >= 0.3 is 5.97 Å². The number of phenolic OH excluding ortho intramolecular Hbond substituents is 1. The molecule has 0 aromatic heterocycles. The van der Waals surface area contributed by atoms with Crippen LogP contribution in [-0.4, -0.2) is 40.8 Å². The number of aliphatic hydroxyl groups excluding tert-OH is 1. The summed E-state index contributed by atoms with van der Waals surface area (Å²) in [6.45, 7) is 3.63. The molecule has 0 radical (unpaired) electrons. The molecule has 150 valence electrons. The van der Waals surface area contributed by atoms with Crippen LogP contribution >= 0.6 is 34.4 Å². The maximum atomic E-state index is 12.3. The third-order valence-corrected chi connectivity index (χ3v) is 5.47. The number of carbonyl (C=O) groups excluding carboxylic acids is 2. The molecule has 0 atom stereocenters. The molecule has 0 bridgehead atoms. The molecular formula is C19H20INO6S. The molecule has 0 saturated heterocycles. The molecule has 7 nitrogen and oxygen atoms in total. The number of hydrogen-bond acceptors (Lipinski definition) is 7. The minimum absolute atomic E-state index is 0.0173. The molecule has 0 fully saturated rings. The lowest BCUT2D eigenvalue weighted by Crippen LogP contribution is -2.14. The Morgan fingerprint density at radius 1 is 1.29 bits per heavy atom. The van der Waals surface area contributed by atoms with E-state index in [9.17, 15) is 19.8 Å². The van der Waals surface area contributed by atoms with Crippen molar-refractivity contribution in [3.8, 4) is 11.5 Å². The predicted octanol–water partition coefficient (Wildman–Crippen LogP) is 4.19. The van der Waals surface area contributed by atoms with Gasteiger partial charge in [-0.3, -0.25) is 4.79 Å². The number of nitrogens with zero attached hydrogens (tertiary/aromatic N) is 1. The largest absolute Gasteiger partial charge is 0.506 e. The van der Waals surface area contributed by atoms with E-state index in [1.807, 2.05) is 29.5 Å². The Morgan fingerprint density at radius 2 is 2.00 bits per heavy atom. The number of halogens is 1. The molecule has 0 unspecified atom stereocenters. The lowest BCUT2D eigenvalue weighted by Gasteiger charge is -2.07. The van der Waals surface area contributed by atoms with E-state index in [0.29, 0.717) is 20.5 Å². The average Bonchev–Trinajstić information content (AvgIpc) is 2.93. The van der Waals surface area contributed by atoms with Gasteiger partial charge in [-0.2, -0.15) is 0 Å². The highest BCUT2D eigenvalue weighted by molar-refractivity contribution is 14.1. The Labute approximate surface area is 180 Å². The Bertz CT molecular complexity index is 891. The number of esters is 1. The van der Waals surface area contributed by atoms with Gasteiger partial charge in [-0.05, 0) is 59.7 Å². The van der Waals surface area contributed by atoms with Gasteiger partial charge in [-0.25, -0.2) is 9.79 Å². The molecule has 1 heterocycles. The quantitative estimate of drug-likeness (QED) is 0.431. The molecule has 2 rings (SSSR count). The second kappa shape index (κ2) is 9.97. The first-order chi connectivity index (χ1) is 13.3. The highest BCUT2D eigenvalue weighted by atomic mass is 127. The van der Waals surface area contributed by atoms with E-state index in [-0.39, 0.29) is 46.8 Å². The Morgan fingerprint density at radius 3 is 2.61 bits per heavy atom. The first-order valence-corrected chi connectivity index (χ1v) is 10.4. The van der Waals surface area contributed by atoms with Gasteiger partial charge in [-0.1, -0.05) is 18.7 Å². The van der Waals surface area contributed by atoms with Crippen LogP contribution in [0.1, 0.15) is 32.3 Å². The number of methoxy groups -OCH3 is 1. The van der Waals surface area contributed by atoms with Crippen molar-refractivity contribution in [3.63, 3.8) is 0 Å². The maximum absolute atomic E-state index is 12.3. The number of ether oxygens (including phenoxy) is 2. The number of rotatable bonds is 6. The van der Waals surface area contributed by atoms with Crippen LogP contribution in [0.5, 0.6) is 11.5 Å². The molecular weight excluding hydrogens is 497 g/mol. The third kappa shape index (κ3) is 5.07. The first kappa shape index (κ1) is 22.3. The van der Waals surface area contributed by atoms with E-state index in [4.69, 9.17) is 9.47 Å². The Balaban J connectivity index is 2.51. The zero-order valence-corrected chi connectivity index (χ0v) is 18.6. The zero-order chi connectivity index (χ0) is 20.8. The van der Waals surface area contributed by atoms with E-state index < -0.39 is 5.97 Å². The highest BCUT2D eigenvalue weighted by Crippen LogP contribution is 2.40. The molecule has 1 amide bonds. The van der Waals surface area contributed by atoms with Crippen LogP contribution in [0.25, 0.3) is 6.08 Å². The Hall–Kier alpha value is -2.01. The number of carbonyl (C=O) groups is 2. The van der Waals surface area contributed by atoms with Crippen LogP contribution in [-0.2, 0) is 14.3 Å². The van der Waals surface area contributed by atoms with Gasteiger partial charge in [0.1, 0.15) is 16.4 Å². The minimum atomic E-state index is -0.739. The predicted molar refractivity (Wildman–Crippen MR) is 117 cm³/mol. The molecule has 2 N–H and O–H groups in total. The van der Waals surface area contributed by atoms with Crippen LogP contribution in [0, 0.1) is 3.57 Å². The molecule has 1 aromatic rings. The van der Waals surface area contributed by atoms with Crippen LogP contribution in [0.15, 0.2) is 33.4 Å². The topological polar surface area (TPSA) is 105 Å². The van der Waals surface area contributed by atoms with Crippen LogP contribution in [0.2, 0.25) is 0 Å². The number of thioether (sulfide) groups is 1. The first-order valence-electron chi connectivity index (χ1n) is 8.50. The molecule has 28 heavy (non-hydrogen) atoms. The van der Waals surface area contributed by atoms with E-state index in [1.54, 1.807) is 25.1 Å². The van der Waals surface area contributed by atoms with E-state index in [0.717, 1.165) is 11.8 Å². The summed E-state index contributed by atoms with van der Waals surface area (Å²) in [5.41, 5.74) is 0.514. The minimum Gasteiger partial charge on any atom is -0.506 e.